The highest BCUT2D eigenvalue weighted by Gasteiger charge is 2.37. The molecule has 0 fully saturated rings. The van der Waals surface area contributed by atoms with Gasteiger partial charge in [0.25, 0.3) is 0 Å². The highest BCUT2D eigenvalue weighted by atomic mass is 28.4. The van der Waals surface area contributed by atoms with Crippen LogP contribution in [0.15, 0.2) is 24.3 Å². The molecule has 9 heteroatoms. The summed E-state index contributed by atoms with van der Waals surface area (Å²) in [6.45, 7) is 17.6. The first kappa shape index (κ1) is 63.9. The van der Waals surface area contributed by atoms with Crippen LogP contribution in [-0.4, -0.2) is 88.6 Å². The van der Waals surface area contributed by atoms with E-state index in [1.54, 1.807) is 0 Å². The SMILES string of the molecule is CCCCCCCC/C=C\CCCCCCCCOC(=O)C(C)(C)CC(OCCCCCCCC/C=C\CCCCCCCC)O[Si](C)(C)OCCCCCCN(CCCO)CCCO. The van der Waals surface area contributed by atoms with Crippen molar-refractivity contribution in [1.29, 1.82) is 0 Å². The van der Waals surface area contributed by atoms with Crippen LogP contribution in [0.25, 0.3) is 0 Å². The van der Waals surface area contributed by atoms with Gasteiger partial charge in [0.05, 0.1) is 12.0 Å². The van der Waals surface area contributed by atoms with E-state index in [4.69, 9.17) is 18.3 Å². The van der Waals surface area contributed by atoms with E-state index in [1.807, 2.05) is 13.8 Å². The van der Waals surface area contributed by atoms with Crippen LogP contribution in [0.4, 0.5) is 0 Å². The number of aliphatic hydroxyl groups is 2. The largest absolute Gasteiger partial charge is 0.465 e. The molecule has 2 N–H and O–H groups in total. The number of carbonyl (C=O) groups excluding carboxylic acids is 1. The lowest BCUT2D eigenvalue weighted by atomic mass is 9.89. The van der Waals surface area contributed by atoms with Crippen molar-refractivity contribution in [2.24, 2.45) is 5.41 Å². The summed E-state index contributed by atoms with van der Waals surface area (Å²) in [4.78, 5) is 15.8. The minimum atomic E-state index is -2.54. The van der Waals surface area contributed by atoms with Gasteiger partial charge < -0.3 is 33.4 Å². The van der Waals surface area contributed by atoms with Crippen molar-refractivity contribution in [1.82, 2.24) is 4.90 Å². The predicted octanol–water partition coefficient (Wildman–Crippen LogP) is 15.7. The topological polar surface area (TPSA) is 97.7 Å². The molecule has 65 heavy (non-hydrogen) atoms. The van der Waals surface area contributed by atoms with Crippen LogP contribution in [0.1, 0.15) is 252 Å². The van der Waals surface area contributed by atoms with Gasteiger partial charge in [0, 0.05) is 45.9 Å². The molecule has 1 unspecified atom stereocenters. The Morgan fingerprint density at radius 3 is 1.32 bits per heavy atom. The fourth-order valence-corrected chi connectivity index (χ4v) is 9.78. The highest BCUT2D eigenvalue weighted by molar-refractivity contribution is 6.64. The predicted molar refractivity (Wildman–Crippen MR) is 281 cm³/mol. The van der Waals surface area contributed by atoms with Crippen molar-refractivity contribution in [2.75, 3.05) is 52.7 Å². The van der Waals surface area contributed by atoms with Gasteiger partial charge in [-0.15, -0.1) is 0 Å². The van der Waals surface area contributed by atoms with Crippen LogP contribution in [0.2, 0.25) is 13.1 Å². The van der Waals surface area contributed by atoms with Gasteiger partial charge in [-0.2, -0.15) is 0 Å². The number of carbonyl (C=O) groups is 1. The molecule has 0 rings (SSSR count). The maximum Gasteiger partial charge on any atom is 0.333 e. The van der Waals surface area contributed by atoms with Crippen molar-refractivity contribution >= 4 is 14.5 Å². The average molecular weight is 939 g/mol. The lowest BCUT2D eigenvalue weighted by molar-refractivity contribution is -0.164. The van der Waals surface area contributed by atoms with Crippen LogP contribution in [0.5, 0.6) is 0 Å². The molecule has 386 valence electrons. The van der Waals surface area contributed by atoms with Gasteiger partial charge in [-0.25, -0.2) is 0 Å². The number of allylic oxidation sites excluding steroid dienone is 4. The molecule has 0 saturated heterocycles. The van der Waals surface area contributed by atoms with E-state index in [-0.39, 0.29) is 19.2 Å². The summed E-state index contributed by atoms with van der Waals surface area (Å²) in [5.41, 5.74) is -0.733. The average Bonchev–Trinajstić information content (AvgIpc) is 3.28. The summed E-state index contributed by atoms with van der Waals surface area (Å²) in [5, 5.41) is 18.5. The van der Waals surface area contributed by atoms with Gasteiger partial charge in [-0.05, 0) is 123 Å². The van der Waals surface area contributed by atoms with Crippen LogP contribution in [0, 0.1) is 5.41 Å². The molecule has 0 aliphatic rings. The molecular weight excluding hydrogens is 827 g/mol. The van der Waals surface area contributed by atoms with E-state index in [9.17, 15) is 15.0 Å². The Labute approximate surface area is 405 Å². The third-order valence-electron chi connectivity index (χ3n) is 12.6. The van der Waals surface area contributed by atoms with Crippen LogP contribution < -0.4 is 0 Å². The first-order valence-corrected chi connectivity index (χ1v) is 30.8. The second-order valence-corrected chi connectivity index (χ2v) is 23.5. The van der Waals surface area contributed by atoms with Crippen LogP contribution in [-0.2, 0) is 23.1 Å². The first-order chi connectivity index (χ1) is 31.6. The lowest BCUT2D eigenvalue weighted by Crippen LogP contribution is -2.43. The molecule has 0 aromatic heterocycles. The Kier molecular flexibility index (Phi) is 47.2. The number of nitrogens with zero attached hydrogens (tertiary/aromatic N) is 1. The number of unbranched alkanes of at least 4 members (excludes halogenated alkanes) is 27. The third kappa shape index (κ3) is 45.2. The van der Waals surface area contributed by atoms with Gasteiger partial charge in [0.15, 0.2) is 6.29 Å². The minimum absolute atomic E-state index is 0.175. The quantitative estimate of drug-likeness (QED) is 0.0205. The number of esters is 1. The number of hydrogen-bond acceptors (Lipinski definition) is 8. The standard InChI is InChI=1S/C56H111NO7Si/c1-7-9-11-13-15-17-19-21-23-25-27-29-31-33-36-40-50-61-54(64-65(5,6)63-52-42-38-35-39-45-57(46-43-48-58)47-44-49-59)53-56(3,4)55(60)62-51-41-37-34-32-30-28-26-24-22-20-18-16-14-12-10-8-2/h21-24,54,58-59H,7-20,25-53H2,1-6H3/b23-21-,24-22-. The number of aliphatic hydroxyl groups excluding tert-OH is 2. The molecule has 0 aliphatic heterocycles. The molecule has 0 amide bonds. The number of hydrogen-bond donors (Lipinski definition) is 2. The Bertz CT molecular complexity index is 1050. The summed E-state index contributed by atoms with van der Waals surface area (Å²) < 4.78 is 25.4. The first-order valence-electron chi connectivity index (χ1n) is 28.0. The summed E-state index contributed by atoms with van der Waals surface area (Å²) in [6, 6.07) is 0. The van der Waals surface area contributed by atoms with Gasteiger partial charge in [0.1, 0.15) is 0 Å². The van der Waals surface area contributed by atoms with Crippen LogP contribution in [0.3, 0.4) is 0 Å². The van der Waals surface area contributed by atoms with E-state index >= 15 is 0 Å². The fourth-order valence-electron chi connectivity index (χ4n) is 8.29. The molecule has 1 atom stereocenters. The summed E-state index contributed by atoms with van der Waals surface area (Å²) in [6.07, 6.45) is 50.7. The molecule has 0 aliphatic carbocycles. The van der Waals surface area contributed by atoms with Crippen molar-refractivity contribution in [3.05, 3.63) is 24.3 Å². The Morgan fingerprint density at radius 1 is 0.508 bits per heavy atom. The maximum atomic E-state index is 13.4. The summed E-state index contributed by atoms with van der Waals surface area (Å²) in [7, 11) is -2.54. The summed E-state index contributed by atoms with van der Waals surface area (Å²) >= 11 is 0. The van der Waals surface area contributed by atoms with Crippen LogP contribution >= 0.6 is 0 Å². The second-order valence-electron chi connectivity index (χ2n) is 20.2. The maximum absolute atomic E-state index is 13.4. The van der Waals surface area contributed by atoms with Crippen molar-refractivity contribution < 1.29 is 33.3 Å². The number of ether oxygens (including phenoxy) is 2. The van der Waals surface area contributed by atoms with Crippen molar-refractivity contribution in [3.8, 4) is 0 Å². The van der Waals surface area contributed by atoms with E-state index in [1.165, 1.54) is 154 Å². The zero-order chi connectivity index (χ0) is 47.8. The Morgan fingerprint density at radius 2 is 0.877 bits per heavy atom. The fraction of sp³-hybridized carbons (Fsp3) is 0.911. The molecule has 0 radical (unpaired) electrons. The molecular formula is C56H111NO7Si. The molecule has 0 bridgehead atoms. The third-order valence-corrected chi connectivity index (χ3v) is 14.3. The molecule has 0 spiro atoms. The van der Waals surface area contributed by atoms with Crippen molar-refractivity contribution in [3.63, 3.8) is 0 Å². The molecule has 8 nitrogen and oxygen atoms in total. The second kappa shape index (κ2) is 48.0. The number of rotatable bonds is 52. The lowest BCUT2D eigenvalue weighted by Gasteiger charge is -2.33. The molecule has 0 heterocycles. The van der Waals surface area contributed by atoms with Gasteiger partial charge in [-0.3, -0.25) is 4.79 Å². The minimum Gasteiger partial charge on any atom is -0.465 e. The molecule has 0 saturated carbocycles. The Balaban J connectivity index is 4.70. The normalized spacial score (nSPS) is 13.0. The van der Waals surface area contributed by atoms with E-state index < -0.39 is 20.3 Å². The summed E-state index contributed by atoms with van der Waals surface area (Å²) in [5.74, 6) is -0.175. The highest BCUT2D eigenvalue weighted by Crippen LogP contribution is 2.29. The van der Waals surface area contributed by atoms with E-state index in [2.05, 4.69) is 56.1 Å². The molecule has 0 aromatic carbocycles. The van der Waals surface area contributed by atoms with Crippen molar-refractivity contribution in [2.45, 2.75) is 272 Å². The smallest absolute Gasteiger partial charge is 0.333 e. The van der Waals surface area contributed by atoms with Gasteiger partial charge in [-0.1, -0.05) is 167 Å². The van der Waals surface area contributed by atoms with E-state index in [0.717, 1.165) is 83.8 Å². The zero-order valence-electron chi connectivity index (χ0n) is 44.2. The molecule has 0 aromatic rings. The Hall–Kier alpha value is -1.07. The van der Waals surface area contributed by atoms with Gasteiger partial charge >= 0.3 is 14.5 Å². The zero-order valence-corrected chi connectivity index (χ0v) is 45.2. The van der Waals surface area contributed by atoms with Gasteiger partial charge in [0.2, 0.25) is 0 Å². The van der Waals surface area contributed by atoms with E-state index in [0.29, 0.717) is 26.2 Å². The monoisotopic (exact) mass is 938 g/mol.